The van der Waals surface area contributed by atoms with E-state index in [1.165, 1.54) is 11.2 Å². The van der Waals surface area contributed by atoms with Gasteiger partial charge in [-0.3, -0.25) is 9.78 Å². The van der Waals surface area contributed by atoms with Gasteiger partial charge in [-0.2, -0.15) is 4.31 Å². The molecule has 4 rings (SSSR count). The lowest BCUT2D eigenvalue weighted by Crippen LogP contribution is -2.33. The fraction of sp³-hybridized carbons (Fsp3) is 0.280. The van der Waals surface area contributed by atoms with Gasteiger partial charge < -0.3 is 4.90 Å². The summed E-state index contributed by atoms with van der Waals surface area (Å²) in [7, 11) is -3.74. The number of carbonyl (C=O) groups excluding carboxylic acids is 1. The van der Waals surface area contributed by atoms with Gasteiger partial charge in [0.05, 0.1) is 4.90 Å². The third-order valence-corrected chi connectivity index (χ3v) is 7.69. The van der Waals surface area contributed by atoms with E-state index < -0.39 is 10.0 Å². The molecule has 1 amide bonds. The number of anilines is 1. The number of amides is 1. The van der Waals surface area contributed by atoms with Gasteiger partial charge in [-0.1, -0.05) is 30.3 Å². The van der Waals surface area contributed by atoms with E-state index >= 15 is 0 Å². The van der Waals surface area contributed by atoms with Gasteiger partial charge in [-0.15, -0.1) is 0 Å². The Hall–Kier alpha value is -3.03. The smallest absolute Gasteiger partial charge is 0.243 e. The summed E-state index contributed by atoms with van der Waals surface area (Å²) in [5.41, 5.74) is 3.66. The summed E-state index contributed by atoms with van der Waals surface area (Å²) in [6.45, 7) is 4.15. The number of carbonyl (C=O) groups is 1. The maximum absolute atomic E-state index is 13.7. The summed E-state index contributed by atoms with van der Waals surface area (Å²) in [5.74, 6) is -0.0333. The first-order valence-electron chi connectivity index (χ1n) is 10.7. The maximum atomic E-state index is 13.7. The SMILES string of the molecule is CC(=O)N1c2ccc(S(=O)(=O)N(CCc3ccccc3)Cc3ccncc3)cc2C[C@H]1C. The molecule has 166 valence electrons. The van der Waals surface area contributed by atoms with Crippen molar-refractivity contribution in [1.82, 2.24) is 9.29 Å². The highest BCUT2D eigenvalue weighted by molar-refractivity contribution is 7.89. The standard InChI is InChI=1S/C25H27N3O3S/c1-19-16-23-17-24(8-9-25(23)28(19)20(2)29)32(30,31)27(18-22-10-13-26-14-11-22)15-12-21-6-4-3-5-7-21/h3-11,13-14,17,19H,12,15-16,18H2,1-2H3/t19-/m1/s1. The Kier molecular flexibility index (Phi) is 6.39. The zero-order valence-corrected chi connectivity index (χ0v) is 19.1. The Bertz CT molecular complexity index is 1200. The molecule has 1 aliphatic rings. The molecule has 0 N–H and O–H groups in total. The van der Waals surface area contributed by atoms with E-state index in [1.54, 1.807) is 35.5 Å². The summed E-state index contributed by atoms with van der Waals surface area (Å²) in [5, 5.41) is 0. The third-order valence-electron chi connectivity index (χ3n) is 5.84. The van der Waals surface area contributed by atoms with E-state index in [-0.39, 0.29) is 23.4 Å². The molecule has 0 spiro atoms. The Labute approximate surface area is 189 Å². The minimum atomic E-state index is -3.74. The van der Waals surface area contributed by atoms with Crippen molar-refractivity contribution < 1.29 is 13.2 Å². The van der Waals surface area contributed by atoms with E-state index in [2.05, 4.69) is 4.98 Å². The van der Waals surface area contributed by atoms with Crippen molar-refractivity contribution in [1.29, 1.82) is 0 Å². The van der Waals surface area contributed by atoms with Gasteiger partial charge in [0.2, 0.25) is 15.9 Å². The van der Waals surface area contributed by atoms with Crippen LogP contribution in [0.4, 0.5) is 5.69 Å². The molecule has 0 aliphatic carbocycles. The van der Waals surface area contributed by atoms with Crippen molar-refractivity contribution >= 4 is 21.6 Å². The number of sulfonamides is 1. The number of nitrogens with zero attached hydrogens (tertiary/aromatic N) is 3. The topological polar surface area (TPSA) is 70.6 Å². The van der Waals surface area contributed by atoms with Crippen LogP contribution >= 0.6 is 0 Å². The van der Waals surface area contributed by atoms with Crippen molar-refractivity contribution in [2.75, 3.05) is 11.4 Å². The van der Waals surface area contributed by atoms with E-state index in [4.69, 9.17) is 0 Å². The minimum Gasteiger partial charge on any atom is -0.309 e. The molecular formula is C25H27N3O3S. The van der Waals surface area contributed by atoms with Crippen molar-refractivity contribution in [3.63, 3.8) is 0 Å². The van der Waals surface area contributed by atoms with E-state index in [9.17, 15) is 13.2 Å². The van der Waals surface area contributed by atoms with Crippen LogP contribution in [-0.4, -0.2) is 36.2 Å². The monoisotopic (exact) mass is 449 g/mol. The summed E-state index contributed by atoms with van der Waals surface area (Å²) in [6, 6.07) is 18.7. The highest BCUT2D eigenvalue weighted by atomic mass is 32.2. The highest BCUT2D eigenvalue weighted by Crippen LogP contribution is 2.34. The zero-order valence-electron chi connectivity index (χ0n) is 18.3. The van der Waals surface area contributed by atoms with Crippen LogP contribution in [0.25, 0.3) is 0 Å². The first-order chi connectivity index (χ1) is 15.4. The predicted octanol–water partition coefficient (Wildman–Crippen LogP) is 3.81. The van der Waals surface area contributed by atoms with Crippen LogP contribution < -0.4 is 4.90 Å². The fourth-order valence-corrected chi connectivity index (χ4v) is 5.75. The number of pyridine rings is 1. The quantitative estimate of drug-likeness (QED) is 0.550. The zero-order chi connectivity index (χ0) is 22.7. The summed E-state index contributed by atoms with van der Waals surface area (Å²) in [4.78, 5) is 18.1. The molecular weight excluding hydrogens is 422 g/mol. The van der Waals surface area contributed by atoms with Gasteiger partial charge in [0.15, 0.2) is 0 Å². The number of hydrogen-bond donors (Lipinski definition) is 0. The summed E-state index contributed by atoms with van der Waals surface area (Å²) in [6.07, 6.45) is 4.60. The molecule has 0 saturated carbocycles. The van der Waals surface area contributed by atoms with Gasteiger partial charge in [-0.05, 0) is 66.8 Å². The normalized spacial score (nSPS) is 15.7. The maximum Gasteiger partial charge on any atom is 0.243 e. The van der Waals surface area contributed by atoms with Crippen LogP contribution in [0, 0.1) is 0 Å². The predicted molar refractivity (Wildman–Crippen MR) is 125 cm³/mol. The van der Waals surface area contributed by atoms with Crippen molar-refractivity contribution in [2.45, 2.75) is 44.2 Å². The van der Waals surface area contributed by atoms with E-state index in [0.717, 1.165) is 22.4 Å². The molecule has 2 aromatic carbocycles. The molecule has 0 radical (unpaired) electrons. The lowest BCUT2D eigenvalue weighted by molar-refractivity contribution is -0.116. The fourth-order valence-electron chi connectivity index (χ4n) is 4.27. The number of fused-ring (bicyclic) bond motifs is 1. The van der Waals surface area contributed by atoms with Crippen LogP contribution in [0.5, 0.6) is 0 Å². The van der Waals surface area contributed by atoms with Gasteiger partial charge in [0, 0.05) is 44.1 Å². The number of aromatic nitrogens is 1. The molecule has 0 unspecified atom stereocenters. The van der Waals surface area contributed by atoms with Crippen molar-refractivity contribution in [2.24, 2.45) is 0 Å². The van der Waals surface area contributed by atoms with Crippen LogP contribution in [-0.2, 0) is 34.2 Å². The van der Waals surface area contributed by atoms with Crippen LogP contribution in [0.15, 0.2) is 78.0 Å². The lowest BCUT2D eigenvalue weighted by atomic mass is 10.1. The van der Waals surface area contributed by atoms with Gasteiger partial charge in [0.1, 0.15) is 0 Å². The Morgan fingerprint density at radius 2 is 1.78 bits per heavy atom. The molecule has 1 aliphatic heterocycles. The van der Waals surface area contributed by atoms with E-state index in [1.807, 2.05) is 49.4 Å². The molecule has 3 aromatic rings. The van der Waals surface area contributed by atoms with Crippen molar-refractivity contribution in [3.05, 3.63) is 89.7 Å². The molecule has 7 heteroatoms. The lowest BCUT2D eigenvalue weighted by Gasteiger charge is -2.23. The van der Waals surface area contributed by atoms with Crippen molar-refractivity contribution in [3.8, 4) is 0 Å². The molecule has 6 nitrogen and oxygen atoms in total. The van der Waals surface area contributed by atoms with Gasteiger partial charge in [-0.25, -0.2) is 8.42 Å². The second kappa shape index (κ2) is 9.22. The molecule has 32 heavy (non-hydrogen) atoms. The average Bonchev–Trinajstić information content (AvgIpc) is 3.13. The summed E-state index contributed by atoms with van der Waals surface area (Å²) >= 11 is 0. The third kappa shape index (κ3) is 4.59. The number of rotatable bonds is 7. The minimum absolute atomic E-state index is 0.0199. The van der Waals surface area contributed by atoms with Crippen LogP contribution in [0.1, 0.15) is 30.5 Å². The molecule has 0 fully saturated rings. The largest absolute Gasteiger partial charge is 0.309 e. The van der Waals surface area contributed by atoms with Gasteiger partial charge in [0.25, 0.3) is 0 Å². The van der Waals surface area contributed by atoms with Crippen LogP contribution in [0.3, 0.4) is 0 Å². The Morgan fingerprint density at radius 3 is 2.47 bits per heavy atom. The van der Waals surface area contributed by atoms with Gasteiger partial charge >= 0.3 is 0 Å². The molecule has 1 atom stereocenters. The Morgan fingerprint density at radius 1 is 1.06 bits per heavy atom. The molecule has 0 bridgehead atoms. The molecule has 2 heterocycles. The first kappa shape index (κ1) is 22.2. The second-order valence-corrected chi connectivity index (χ2v) is 10.1. The summed E-state index contributed by atoms with van der Waals surface area (Å²) < 4.78 is 28.9. The average molecular weight is 450 g/mol. The second-order valence-electron chi connectivity index (χ2n) is 8.16. The molecule has 0 saturated heterocycles. The van der Waals surface area contributed by atoms with E-state index in [0.29, 0.717) is 19.4 Å². The number of hydrogen-bond acceptors (Lipinski definition) is 4. The Balaban J connectivity index is 1.65. The number of benzene rings is 2. The molecule has 1 aromatic heterocycles. The van der Waals surface area contributed by atoms with Crippen LogP contribution in [0.2, 0.25) is 0 Å². The first-order valence-corrected chi connectivity index (χ1v) is 12.2. The highest BCUT2D eigenvalue weighted by Gasteiger charge is 2.32.